The Morgan fingerprint density at radius 1 is 0.976 bits per heavy atom. The first-order chi connectivity index (χ1) is 20.5. The summed E-state index contributed by atoms with van der Waals surface area (Å²) in [5.74, 6) is 2.10. The number of likely N-dealkylation sites (tertiary alicyclic amines) is 1. The van der Waals surface area contributed by atoms with Crippen LogP contribution < -0.4 is 14.9 Å². The average Bonchev–Trinajstić information content (AvgIpc) is 3.01. The number of fused-ring (bicyclic) bond motifs is 1. The lowest BCUT2D eigenvalue weighted by molar-refractivity contribution is 0.162. The number of hydrogen-bond donors (Lipinski definition) is 1. The number of piperidine rings is 1. The van der Waals surface area contributed by atoms with Crippen LogP contribution >= 0.6 is 0 Å². The van der Waals surface area contributed by atoms with Gasteiger partial charge in [-0.25, -0.2) is 0 Å². The molecule has 0 atom stereocenters. The molecular formula is C35H42N2O5. The molecule has 0 spiro atoms. The van der Waals surface area contributed by atoms with Crippen LogP contribution in [-0.4, -0.2) is 61.8 Å². The lowest BCUT2D eigenvalue weighted by Gasteiger charge is -2.32. The van der Waals surface area contributed by atoms with Gasteiger partial charge in [0.05, 0.1) is 19.1 Å². The second-order valence-corrected chi connectivity index (χ2v) is 11.3. The van der Waals surface area contributed by atoms with E-state index in [-0.39, 0.29) is 22.5 Å². The van der Waals surface area contributed by atoms with Crippen LogP contribution in [0.2, 0.25) is 0 Å². The summed E-state index contributed by atoms with van der Waals surface area (Å²) in [6, 6.07) is 22.7. The Bertz CT molecular complexity index is 1480. The third-order valence-corrected chi connectivity index (χ3v) is 8.25. The summed E-state index contributed by atoms with van der Waals surface area (Å²) in [6.07, 6.45) is 5.98. The van der Waals surface area contributed by atoms with Crippen molar-refractivity contribution in [3.05, 3.63) is 88.6 Å². The number of ether oxygens (including phenoxy) is 2. The summed E-state index contributed by atoms with van der Waals surface area (Å²) >= 11 is 0. The van der Waals surface area contributed by atoms with Crippen molar-refractivity contribution in [1.82, 2.24) is 9.80 Å². The molecule has 7 heteroatoms. The number of benzene rings is 3. The number of hydrogen-bond acceptors (Lipinski definition) is 7. The van der Waals surface area contributed by atoms with Gasteiger partial charge in [-0.3, -0.25) is 9.69 Å². The van der Waals surface area contributed by atoms with Gasteiger partial charge in [0.15, 0.2) is 16.8 Å². The fourth-order valence-electron chi connectivity index (χ4n) is 5.70. The second-order valence-electron chi connectivity index (χ2n) is 11.3. The molecule has 42 heavy (non-hydrogen) atoms. The predicted molar refractivity (Wildman–Crippen MR) is 167 cm³/mol. The zero-order chi connectivity index (χ0) is 29.3. The zero-order valence-corrected chi connectivity index (χ0v) is 24.8. The third kappa shape index (κ3) is 7.72. The first kappa shape index (κ1) is 29.7. The third-order valence-electron chi connectivity index (χ3n) is 8.25. The monoisotopic (exact) mass is 570 g/mol. The molecular weight excluding hydrogens is 528 g/mol. The smallest absolute Gasteiger partial charge is 0.204 e. The fourth-order valence-corrected chi connectivity index (χ4v) is 5.70. The van der Waals surface area contributed by atoms with E-state index >= 15 is 0 Å². The normalized spacial score (nSPS) is 14.5. The quantitative estimate of drug-likeness (QED) is 0.182. The minimum Gasteiger partial charge on any atom is -0.504 e. The van der Waals surface area contributed by atoms with Crippen molar-refractivity contribution in [2.24, 2.45) is 5.92 Å². The topological polar surface area (TPSA) is 75.4 Å². The predicted octanol–water partition coefficient (Wildman–Crippen LogP) is 6.57. The van der Waals surface area contributed by atoms with E-state index in [0.29, 0.717) is 17.8 Å². The van der Waals surface area contributed by atoms with Crippen molar-refractivity contribution in [2.75, 3.05) is 46.9 Å². The molecule has 7 nitrogen and oxygen atoms in total. The van der Waals surface area contributed by atoms with Gasteiger partial charge in [-0.15, -0.1) is 0 Å². The van der Waals surface area contributed by atoms with E-state index < -0.39 is 0 Å². The minimum atomic E-state index is -0.195. The van der Waals surface area contributed by atoms with Crippen LogP contribution in [0.4, 0.5) is 0 Å². The van der Waals surface area contributed by atoms with Crippen LogP contribution in [0.3, 0.4) is 0 Å². The summed E-state index contributed by atoms with van der Waals surface area (Å²) in [5, 5.41) is 10.4. The SMILES string of the molecule is COc1c(O)ccc2c(=O)cc(-c3ccc(OCCCCN(C)CCC4CCN(Cc5ccccc5)CC4)cc3)oc12. The molecule has 1 aliphatic rings. The van der Waals surface area contributed by atoms with Gasteiger partial charge in [-0.2, -0.15) is 0 Å². The molecule has 0 saturated carbocycles. The molecule has 0 bridgehead atoms. The molecule has 1 N–H and O–H groups in total. The van der Waals surface area contributed by atoms with Crippen molar-refractivity contribution < 1.29 is 19.0 Å². The van der Waals surface area contributed by atoms with Gasteiger partial charge in [0.25, 0.3) is 0 Å². The Hall–Kier alpha value is -3.81. The molecule has 2 heterocycles. The number of phenols is 1. The van der Waals surface area contributed by atoms with Crippen LogP contribution in [-0.2, 0) is 6.54 Å². The fraction of sp³-hybridized carbons (Fsp3) is 0.400. The summed E-state index contributed by atoms with van der Waals surface area (Å²) in [5.41, 5.74) is 2.19. The van der Waals surface area contributed by atoms with Gasteiger partial charge in [-0.05, 0) is 113 Å². The summed E-state index contributed by atoms with van der Waals surface area (Å²) in [4.78, 5) is 17.7. The molecule has 1 aliphatic heterocycles. The van der Waals surface area contributed by atoms with Crippen LogP contribution in [0.25, 0.3) is 22.3 Å². The summed E-state index contributed by atoms with van der Waals surface area (Å²) in [7, 11) is 3.66. The number of nitrogens with zero attached hydrogens (tertiary/aromatic N) is 2. The molecule has 0 aliphatic carbocycles. The highest BCUT2D eigenvalue weighted by molar-refractivity contribution is 5.86. The van der Waals surface area contributed by atoms with E-state index in [1.165, 1.54) is 63.2 Å². The van der Waals surface area contributed by atoms with Gasteiger partial charge in [0.1, 0.15) is 11.5 Å². The molecule has 3 aromatic carbocycles. The van der Waals surface area contributed by atoms with E-state index in [9.17, 15) is 9.90 Å². The molecule has 0 radical (unpaired) electrons. The van der Waals surface area contributed by atoms with Crippen LogP contribution in [0, 0.1) is 5.92 Å². The van der Waals surface area contributed by atoms with E-state index in [0.717, 1.165) is 49.7 Å². The van der Waals surface area contributed by atoms with Crippen molar-refractivity contribution in [1.29, 1.82) is 0 Å². The van der Waals surface area contributed by atoms with Gasteiger partial charge in [-0.1, -0.05) is 30.3 Å². The summed E-state index contributed by atoms with van der Waals surface area (Å²) in [6.45, 7) is 6.38. The minimum absolute atomic E-state index is 0.0734. The molecule has 1 saturated heterocycles. The molecule has 1 aromatic heterocycles. The maximum Gasteiger partial charge on any atom is 0.204 e. The van der Waals surface area contributed by atoms with Crippen molar-refractivity contribution in [3.8, 4) is 28.6 Å². The van der Waals surface area contributed by atoms with E-state index in [4.69, 9.17) is 13.9 Å². The number of aromatic hydroxyl groups is 1. The van der Waals surface area contributed by atoms with Gasteiger partial charge < -0.3 is 23.9 Å². The molecule has 5 rings (SSSR count). The lowest BCUT2D eigenvalue weighted by atomic mass is 9.93. The van der Waals surface area contributed by atoms with Crippen molar-refractivity contribution in [2.45, 2.75) is 38.6 Å². The van der Waals surface area contributed by atoms with E-state index in [1.807, 2.05) is 24.3 Å². The maximum atomic E-state index is 12.6. The second kappa shape index (κ2) is 14.4. The number of rotatable bonds is 13. The van der Waals surface area contributed by atoms with E-state index in [1.54, 1.807) is 0 Å². The Balaban J connectivity index is 0.998. The summed E-state index contributed by atoms with van der Waals surface area (Å²) < 4.78 is 17.2. The Kier molecular flexibility index (Phi) is 10.2. The average molecular weight is 571 g/mol. The van der Waals surface area contributed by atoms with Gasteiger partial charge in [0, 0.05) is 18.2 Å². The molecule has 222 valence electrons. The number of phenolic OH excluding ortho intramolecular Hbond substituents is 1. The molecule has 4 aromatic rings. The maximum absolute atomic E-state index is 12.6. The first-order valence-corrected chi connectivity index (χ1v) is 15.0. The van der Waals surface area contributed by atoms with Crippen molar-refractivity contribution in [3.63, 3.8) is 0 Å². The Morgan fingerprint density at radius 3 is 2.48 bits per heavy atom. The largest absolute Gasteiger partial charge is 0.504 e. The zero-order valence-electron chi connectivity index (χ0n) is 24.8. The molecule has 0 amide bonds. The van der Waals surface area contributed by atoms with Gasteiger partial charge in [0.2, 0.25) is 5.75 Å². The lowest BCUT2D eigenvalue weighted by Crippen LogP contribution is -2.34. The Morgan fingerprint density at radius 2 is 1.74 bits per heavy atom. The Labute approximate surface area is 248 Å². The highest BCUT2D eigenvalue weighted by Crippen LogP contribution is 2.35. The number of methoxy groups -OCH3 is 1. The van der Waals surface area contributed by atoms with Crippen molar-refractivity contribution >= 4 is 11.0 Å². The number of unbranched alkanes of at least 4 members (excludes halogenated alkanes) is 1. The first-order valence-electron chi connectivity index (χ1n) is 15.0. The van der Waals surface area contributed by atoms with Crippen LogP contribution in [0.1, 0.15) is 37.7 Å². The molecule has 0 unspecified atom stereocenters. The van der Waals surface area contributed by atoms with Gasteiger partial charge >= 0.3 is 0 Å². The standard InChI is InChI=1S/C35H42N2O5/c1-36(20-16-26-17-21-37(22-18-26)25-27-8-4-3-5-9-27)19-6-7-23-41-29-12-10-28(11-13-29)33-24-32(39)30-14-15-31(38)35(40-2)34(30)42-33/h3-5,8-15,24,26,38H,6-7,16-23,25H2,1-2H3. The highest BCUT2D eigenvalue weighted by atomic mass is 16.5. The molecule has 1 fully saturated rings. The van der Waals surface area contributed by atoms with E-state index in [2.05, 4.69) is 47.2 Å². The highest BCUT2D eigenvalue weighted by Gasteiger charge is 2.19. The van der Waals surface area contributed by atoms with Crippen LogP contribution in [0.15, 0.2) is 82.0 Å². The van der Waals surface area contributed by atoms with Crippen LogP contribution in [0.5, 0.6) is 17.2 Å².